The van der Waals surface area contributed by atoms with Crippen LogP contribution >= 0.6 is 0 Å². The molecule has 0 aromatic heterocycles. The van der Waals surface area contributed by atoms with Crippen molar-refractivity contribution in [2.45, 2.75) is 39.2 Å². The number of hydrogen-bond acceptors (Lipinski definition) is 3. The van der Waals surface area contributed by atoms with Crippen LogP contribution in [-0.2, 0) is 9.84 Å². The second kappa shape index (κ2) is 5.30. The van der Waals surface area contributed by atoms with Crippen molar-refractivity contribution in [3.8, 4) is 0 Å². The molecule has 4 heteroatoms. The molecule has 3 atom stereocenters. The van der Waals surface area contributed by atoms with Crippen molar-refractivity contribution in [1.82, 2.24) is 5.32 Å². The van der Waals surface area contributed by atoms with E-state index in [2.05, 4.69) is 19.2 Å². The summed E-state index contributed by atoms with van der Waals surface area (Å²) < 4.78 is 21.8. The molecule has 15 heavy (non-hydrogen) atoms. The van der Waals surface area contributed by atoms with Crippen LogP contribution in [0.2, 0.25) is 0 Å². The Labute approximate surface area is 93.6 Å². The van der Waals surface area contributed by atoms with E-state index >= 15 is 0 Å². The first-order valence-corrected chi connectivity index (χ1v) is 7.87. The Balaban J connectivity index is 2.16. The monoisotopic (exact) mass is 233 g/mol. The summed E-state index contributed by atoms with van der Waals surface area (Å²) in [6.45, 7) is 5.41. The fourth-order valence-electron chi connectivity index (χ4n) is 2.27. The van der Waals surface area contributed by atoms with Gasteiger partial charge in [0.25, 0.3) is 0 Å². The highest BCUT2D eigenvalue weighted by Crippen LogP contribution is 2.30. The fourth-order valence-corrected chi connectivity index (χ4v) is 2.94. The molecular formula is C11H23NO2S. The number of hydrogen-bond donors (Lipinski definition) is 1. The van der Waals surface area contributed by atoms with Gasteiger partial charge in [0.2, 0.25) is 0 Å². The lowest BCUT2D eigenvalue weighted by Crippen LogP contribution is -2.33. The summed E-state index contributed by atoms with van der Waals surface area (Å²) in [5, 5.41) is 3.47. The van der Waals surface area contributed by atoms with Crippen molar-refractivity contribution in [3.63, 3.8) is 0 Å². The molecule has 0 aromatic carbocycles. The molecule has 1 saturated carbocycles. The normalized spacial score (nSPS) is 32.1. The fraction of sp³-hybridized carbons (Fsp3) is 1.00. The smallest absolute Gasteiger partial charge is 0.147 e. The lowest BCUT2D eigenvalue weighted by molar-refractivity contribution is 0.371. The quantitative estimate of drug-likeness (QED) is 0.731. The predicted octanol–water partition coefficient (Wildman–Crippen LogP) is 1.45. The number of sulfone groups is 1. The SMILES string of the molecule is CC1CCC(NCCCS(C)(=O)=O)C1C. The molecule has 0 radical (unpaired) electrons. The molecule has 3 unspecified atom stereocenters. The van der Waals surface area contributed by atoms with Gasteiger partial charge in [-0.25, -0.2) is 8.42 Å². The average molecular weight is 233 g/mol. The Morgan fingerprint density at radius 2 is 1.93 bits per heavy atom. The molecule has 1 aliphatic carbocycles. The molecule has 0 saturated heterocycles. The van der Waals surface area contributed by atoms with E-state index in [9.17, 15) is 8.42 Å². The van der Waals surface area contributed by atoms with Gasteiger partial charge in [-0.1, -0.05) is 13.8 Å². The minimum absolute atomic E-state index is 0.302. The maximum atomic E-state index is 10.9. The highest BCUT2D eigenvalue weighted by atomic mass is 32.2. The van der Waals surface area contributed by atoms with E-state index in [0.29, 0.717) is 11.8 Å². The van der Waals surface area contributed by atoms with Crippen molar-refractivity contribution >= 4 is 9.84 Å². The second-order valence-electron chi connectivity index (χ2n) is 4.96. The molecule has 1 N–H and O–H groups in total. The van der Waals surface area contributed by atoms with Crippen LogP contribution in [0.1, 0.15) is 33.1 Å². The van der Waals surface area contributed by atoms with Gasteiger partial charge >= 0.3 is 0 Å². The first kappa shape index (κ1) is 13.0. The third-order valence-corrected chi connectivity index (χ3v) is 4.59. The lowest BCUT2D eigenvalue weighted by atomic mass is 9.98. The Kier molecular flexibility index (Phi) is 4.59. The molecule has 1 rings (SSSR count). The Morgan fingerprint density at radius 1 is 1.27 bits per heavy atom. The van der Waals surface area contributed by atoms with Gasteiger partial charge in [0, 0.05) is 12.3 Å². The van der Waals surface area contributed by atoms with Crippen LogP contribution in [-0.4, -0.2) is 33.0 Å². The van der Waals surface area contributed by atoms with Crippen LogP contribution in [0.4, 0.5) is 0 Å². The van der Waals surface area contributed by atoms with Crippen LogP contribution in [0.5, 0.6) is 0 Å². The molecule has 0 aromatic rings. The molecule has 3 nitrogen and oxygen atoms in total. The van der Waals surface area contributed by atoms with E-state index in [-0.39, 0.29) is 0 Å². The third kappa shape index (κ3) is 4.51. The Hall–Kier alpha value is -0.0900. The second-order valence-corrected chi connectivity index (χ2v) is 7.22. The van der Waals surface area contributed by atoms with E-state index in [0.717, 1.165) is 24.8 Å². The van der Waals surface area contributed by atoms with Gasteiger partial charge in [0.1, 0.15) is 9.84 Å². The minimum Gasteiger partial charge on any atom is -0.314 e. The molecule has 0 spiro atoms. The van der Waals surface area contributed by atoms with E-state index in [4.69, 9.17) is 0 Å². The van der Waals surface area contributed by atoms with Gasteiger partial charge in [-0.15, -0.1) is 0 Å². The van der Waals surface area contributed by atoms with Crippen LogP contribution in [0.25, 0.3) is 0 Å². The van der Waals surface area contributed by atoms with Gasteiger partial charge in [-0.05, 0) is 37.6 Å². The number of rotatable bonds is 5. The molecule has 0 heterocycles. The molecular weight excluding hydrogens is 210 g/mol. The van der Waals surface area contributed by atoms with Crippen molar-refractivity contribution < 1.29 is 8.42 Å². The Bertz CT molecular complexity index is 287. The summed E-state index contributed by atoms with van der Waals surface area (Å²) >= 11 is 0. The predicted molar refractivity (Wildman–Crippen MR) is 63.7 cm³/mol. The van der Waals surface area contributed by atoms with E-state index < -0.39 is 9.84 Å². The molecule has 90 valence electrons. The summed E-state index contributed by atoms with van der Waals surface area (Å²) in [6, 6.07) is 0.597. The third-order valence-electron chi connectivity index (χ3n) is 3.56. The maximum absolute atomic E-state index is 10.9. The summed E-state index contributed by atoms with van der Waals surface area (Å²) in [7, 11) is -2.78. The first-order chi connectivity index (χ1) is 6.90. The highest BCUT2D eigenvalue weighted by Gasteiger charge is 2.28. The molecule has 0 amide bonds. The highest BCUT2D eigenvalue weighted by molar-refractivity contribution is 7.90. The summed E-state index contributed by atoms with van der Waals surface area (Å²) in [5.74, 6) is 1.83. The van der Waals surface area contributed by atoms with Gasteiger partial charge in [-0.2, -0.15) is 0 Å². The minimum atomic E-state index is -2.78. The molecule has 0 aliphatic heterocycles. The standard InChI is InChI=1S/C11H23NO2S/c1-9-5-6-11(10(9)2)12-7-4-8-15(3,13)14/h9-12H,4-8H2,1-3H3. The lowest BCUT2D eigenvalue weighted by Gasteiger charge is -2.19. The van der Waals surface area contributed by atoms with Crippen LogP contribution in [0, 0.1) is 11.8 Å². The molecule has 1 fully saturated rings. The van der Waals surface area contributed by atoms with Crippen molar-refractivity contribution in [2.24, 2.45) is 11.8 Å². The van der Waals surface area contributed by atoms with Crippen LogP contribution < -0.4 is 5.32 Å². The van der Waals surface area contributed by atoms with E-state index in [1.54, 1.807) is 0 Å². The van der Waals surface area contributed by atoms with Crippen molar-refractivity contribution in [3.05, 3.63) is 0 Å². The zero-order valence-corrected chi connectivity index (χ0v) is 10.8. The van der Waals surface area contributed by atoms with Crippen molar-refractivity contribution in [1.29, 1.82) is 0 Å². The van der Waals surface area contributed by atoms with Gasteiger partial charge < -0.3 is 5.32 Å². The van der Waals surface area contributed by atoms with Gasteiger partial charge in [0.15, 0.2) is 0 Å². The van der Waals surface area contributed by atoms with Crippen LogP contribution in [0.15, 0.2) is 0 Å². The topological polar surface area (TPSA) is 46.2 Å². The zero-order valence-electron chi connectivity index (χ0n) is 9.99. The molecule has 0 bridgehead atoms. The number of nitrogens with one attached hydrogen (secondary N) is 1. The average Bonchev–Trinajstić information content (AvgIpc) is 2.42. The zero-order chi connectivity index (χ0) is 11.5. The van der Waals surface area contributed by atoms with E-state index in [1.807, 2.05) is 0 Å². The first-order valence-electron chi connectivity index (χ1n) is 5.81. The molecule has 1 aliphatic rings. The largest absolute Gasteiger partial charge is 0.314 e. The van der Waals surface area contributed by atoms with Gasteiger partial charge in [-0.3, -0.25) is 0 Å². The summed E-state index contributed by atoms with van der Waals surface area (Å²) in [4.78, 5) is 0. The maximum Gasteiger partial charge on any atom is 0.147 e. The summed E-state index contributed by atoms with van der Waals surface area (Å²) in [5.41, 5.74) is 0. The van der Waals surface area contributed by atoms with E-state index in [1.165, 1.54) is 19.1 Å². The summed E-state index contributed by atoms with van der Waals surface area (Å²) in [6.07, 6.45) is 4.57. The van der Waals surface area contributed by atoms with Crippen LogP contribution in [0.3, 0.4) is 0 Å². The Morgan fingerprint density at radius 3 is 2.40 bits per heavy atom. The van der Waals surface area contributed by atoms with Gasteiger partial charge in [0.05, 0.1) is 5.75 Å². The van der Waals surface area contributed by atoms with Crippen molar-refractivity contribution in [2.75, 3.05) is 18.6 Å².